The molecule has 0 N–H and O–H groups in total. The summed E-state index contributed by atoms with van der Waals surface area (Å²) in [6, 6.07) is 9.85. The molecule has 3 nitrogen and oxygen atoms in total. The van der Waals surface area contributed by atoms with Crippen LogP contribution in [0.25, 0.3) is 0 Å². The molecular weight excluding hydrogens is 152 g/mol. The van der Waals surface area contributed by atoms with Gasteiger partial charge < -0.3 is 0 Å². The zero-order valence-corrected chi connectivity index (χ0v) is 7.27. The van der Waals surface area contributed by atoms with Crippen molar-refractivity contribution in [2.75, 3.05) is 7.05 Å². The summed E-state index contributed by atoms with van der Waals surface area (Å²) in [4.78, 5) is 10.2. The Morgan fingerprint density at radius 2 is 1.92 bits per heavy atom. The van der Waals surface area contributed by atoms with Gasteiger partial charge in [-0.1, -0.05) is 30.3 Å². The van der Waals surface area contributed by atoms with Gasteiger partial charge in [0.15, 0.2) is 0 Å². The van der Waals surface area contributed by atoms with E-state index in [1.54, 1.807) is 7.05 Å². The summed E-state index contributed by atoms with van der Waals surface area (Å²) in [6.07, 6.45) is 0. The Balaban J connectivity index is 2.78. The number of benzene rings is 1. The van der Waals surface area contributed by atoms with E-state index in [2.05, 4.69) is 5.29 Å². The molecule has 3 heteroatoms. The van der Waals surface area contributed by atoms with Gasteiger partial charge in [-0.05, 0) is 12.5 Å². The van der Waals surface area contributed by atoms with E-state index in [4.69, 9.17) is 0 Å². The molecule has 12 heavy (non-hydrogen) atoms. The molecule has 0 amide bonds. The third-order valence-corrected chi connectivity index (χ3v) is 1.97. The molecule has 0 aromatic heterocycles. The van der Waals surface area contributed by atoms with Gasteiger partial charge >= 0.3 is 0 Å². The summed E-state index contributed by atoms with van der Waals surface area (Å²) in [5.41, 5.74) is 1.10. The largest absolute Gasteiger partial charge is 0.257 e. The quantitative estimate of drug-likeness (QED) is 0.507. The van der Waals surface area contributed by atoms with Crippen molar-refractivity contribution < 1.29 is 0 Å². The van der Waals surface area contributed by atoms with E-state index in [0.717, 1.165) is 5.56 Å². The highest BCUT2D eigenvalue weighted by Gasteiger charge is 2.08. The zero-order valence-electron chi connectivity index (χ0n) is 7.27. The van der Waals surface area contributed by atoms with Crippen molar-refractivity contribution in [2.45, 2.75) is 13.0 Å². The van der Waals surface area contributed by atoms with Crippen LogP contribution in [0.15, 0.2) is 35.6 Å². The lowest BCUT2D eigenvalue weighted by Gasteiger charge is -2.17. The Morgan fingerprint density at radius 1 is 1.33 bits per heavy atom. The first-order valence-electron chi connectivity index (χ1n) is 3.86. The number of hydrogen-bond acceptors (Lipinski definition) is 2. The van der Waals surface area contributed by atoms with Crippen LogP contribution in [0.2, 0.25) is 0 Å². The standard InChI is InChI=1S/C9H12N2O/c1-8(11(2)10-12)9-6-4-3-5-7-9/h3-8H,1-2H3. The molecule has 0 aliphatic carbocycles. The Labute approximate surface area is 72.0 Å². The number of nitroso groups, excluding NO2 is 1. The van der Waals surface area contributed by atoms with Crippen LogP contribution in [0, 0.1) is 4.91 Å². The normalized spacial score (nSPS) is 12.2. The first-order chi connectivity index (χ1) is 5.75. The second-order valence-electron chi connectivity index (χ2n) is 2.74. The van der Waals surface area contributed by atoms with Crippen molar-refractivity contribution >= 4 is 0 Å². The van der Waals surface area contributed by atoms with Crippen LogP contribution in [-0.2, 0) is 0 Å². The zero-order chi connectivity index (χ0) is 8.97. The van der Waals surface area contributed by atoms with E-state index in [1.165, 1.54) is 5.01 Å². The van der Waals surface area contributed by atoms with Gasteiger partial charge in [0.25, 0.3) is 0 Å². The smallest absolute Gasteiger partial charge is 0.0720 e. The van der Waals surface area contributed by atoms with Gasteiger partial charge in [0.2, 0.25) is 0 Å². The van der Waals surface area contributed by atoms with Gasteiger partial charge in [-0.2, -0.15) is 0 Å². The molecule has 64 valence electrons. The average molecular weight is 164 g/mol. The van der Waals surface area contributed by atoms with Crippen molar-refractivity contribution in [1.29, 1.82) is 0 Å². The number of hydrogen-bond donors (Lipinski definition) is 0. The molecule has 1 aromatic rings. The van der Waals surface area contributed by atoms with Crippen LogP contribution in [0.4, 0.5) is 0 Å². The highest BCUT2D eigenvalue weighted by molar-refractivity contribution is 5.17. The highest BCUT2D eigenvalue weighted by atomic mass is 16.3. The Bertz CT molecular complexity index is 248. The minimum Gasteiger partial charge on any atom is -0.257 e. The predicted octanol–water partition coefficient (Wildman–Crippen LogP) is 2.36. The van der Waals surface area contributed by atoms with Gasteiger partial charge in [-0.15, -0.1) is 4.91 Å². The molecule has 0 aliphatic heterocycles. The maximum Gasteiger partial charge on any atom is 0.0720 e. The third-order valence-electron chi connectivity index (χ3n) is 1.97. The number of rotatable bonds is 3. The average Bonchev–Trinajstić information content (AvgIpc) is 2.17. The van der Waals surface area contributed by atoms with Crippen LogP contribution in [0.1, 0.15) is 18.5 Å². The topological polar surface area (TPSA) is 32.7 Å². The van der Waals surface area contributed by atoms with E-state index < -0.39 is 0 Å². The lowest BCUT2D eigenvalue weighted by Crippen LogP contribution is -2.14. The minimum absolute atomic E-state index is 0.0451. The molecule has 0 saturated heterocycles. The second-order valence-corrected chi connectivity index (χ2v) is 2.74. The molecule has 1 aromatic carbocycles. The Kier molecular flexibility index (Phi) is 2.80. The number of nitrogens with zero attached hydrogens (tertiary/aromatic N) is 2. The van der Waals surface area contributed by atoms with Gasteiger partial charge in [-0.25, -0.2) is 0 Å². The summed E-state index contributed by atoms with van der Waals surface area (Å²) in [5.74, 6) is 0. The Hall–Kier alpha value is -1.38. The molecule has 0 fully saturated rings. The van der Waals surface area contributed by atoms with E-state index in [1.807, 2.05) is 37.3 Å². The fourth-order valence-corrected chi connectivity index (χ4v) is 1.02. The second kappa shape index (κ2) is 3.85. The molecule has 0 bridgehead atoms. The fourth-order valence-electron chi connectivity index (χ4n) is 1.02. The van der Waals surface area contributed by atoms with Gasteiger partial charge in [-0.3, -0.25) is 5.01 Å². The lowest BCUT2D eigenvalue weighted by molar-refractivity contribution is 0.271. The lowest BCUT2D eigenvalue weighted by atomic mass is 10.1. The fraction of sp³-hybridized carbons (Fsp3) is 0.333. The highest BCUT2D eigenvalue weighted by Crippen LogP contribution is 2.17. The molecule has 1 unspecified atom stereocenters. The van der Waals surface area contributed by atoms with Crippen molar-refractivity contribution in [3.8, 4) is 0 Å². The van der Waals surface area contributed by atoms with Gasteiger partial charge in [0, 0.05) is 7.05 Å². The van der Waals surface area contributed by atoms with E-state index in [-0.39, 0.29) is 6.04 Å². The van der Waals surface area contributed by atoms with Crippen molar-refractivity contribution in [3.05, 3.63) is 40.8 Å². The van der Waals surface area contributed by atoms with E-state index in [0.29, 0.717) is 0 Å². The first-order valence-corrected chi connectivity index (χ1v) is 3.86. The summed E-state index contributed by atoms with van der Waals surface area (Å²) in [7, 11) is 1.67. The molecule has 1 rings (SSSR count). The Morgan fingerprint density at radius 3 is 2.42 bits per heavy atom. The monoisotopic (exact) mass is 164 g/mol. The SMILES string of the molecule is CC(c1ccccc1)N(C)N=O. The van der Waals surface area contributed by atoms with Crippen molar-refractivity contribution in [3.63, 3.8) is 0 Å². The van der Waals surface area contributed by atoms with Crippen LogP contribution in [-0.4, -0.2) is 12.1 Å². The van der Waals surface area contributed by atoms with Gasteiger partial charge in [0.1, 0.15) is 0 Å². The summed E-state index contributed by atoms with van der Waals surface area (Å²) >= 11 is 0. The van der Waals surface area contributed by atoms with Crippen molar-refractivity contribution in [2.24, 2.45) is 5.29 Å². The maximum atomic E-state index is 10.2. The third kappa shape index (κ3) is 1.81. The van der Waals surface area contributed by atoms with Crippen LogP contribution >= 0.6 is 0 Å². The molecule has 0 spiro atoms. The van der Waals surface area contributed by atoms with Gasteiger partial charge in [0.05, 0.1) is 11.3 Å². The predicted molar refractivity (Wildman–Crippen MR) is 48.4 cm³/mol. The summed E-state index contributed by atoms with van der Waals surface area (Å²) < 4.78 is 0. The molecule has 0 radical (unpaired) electrons. The molecule has 0 saturated carbocycles. The summed E-state index contributed by atoms with van der Waals surface area (Å²) in [5, 5.41) is 4.25. The van der Waals surface area contributed by atoms with Crippen molar-refractivity contribution in [1.82, 2.24) is 5.01 Å². The van der Waals surface area contributed by atoms with Crippen LogP contribution < -0.4 is 0 Å². The molecule has 1 atom stereocenters. The minimum atomic E-state index is 0.0451. The molecular formula is C9H12N2O. The summed E-state index contributed by atoms with van der Waals surface area (Å²) in [6.45, 7) is 1.94. The van der Waals surface area contributed by atoms with E-state index >= 15 is 0 Å². The first kappa shape index (κ1) is 8.71. The maximum absolute atomic E-state index is 10.2. The van der Waals surface area contributed by atoms with E-state index in [9.17, 15) is 4.91 Å². The molecule has 0 aliphatic rings. The van der Waals surface area contributed by atoms with Crippen LogP contribution in [0.3, 0.4) is 0 Å². The molecule has 0 heterocycles. The van der Waals surface area contributed by atoms with Crippen LogP contribution in [0.5, 0.6) is 0 Å².